The Balaban J connectivity index is 1.66. The first-order valence-electron chi connectivity index (χ1n) is 10.8. The molecule has 2 aliphatic heterocycles. The van der Waals surface area contributed by atoms with Crippen LogP contribution in [0.4, 0.5) is 5.69 Å². The van der Waals surface area contributed by atoms with E-state index in [1.165, 1.54) is 12.0 Å². The largest absolute Gasteiger partial charge is 0.497 e. The Kier molecular flexibility index (Phi) is 7.08. The van der Waals surface area contributed by atoms with Gasteiger partial charge in [-0.2, -0.15) is 0 Å². The quantitative estimate of drug-likeness (QED) is 0.643. The summed E-state index contributed by atoms with van der Waals surface area (Å²) >= 11 is 0. The molecule has 1 aromatic rings. The van der Waals surface area contributed by atoms with Crippen LogP contribution in [0.25, 0.3) is 0 Å². The number of hydrogen-bond donors (Lipinski definition) is 0. The molecule has 2 aliphatic rings. The third-order valence-corrected chi connectivity index (χ3v) is 6.22. The molecule has 0 radical (unpaired) electrons. The third kappa shape index (κ3) is 4.78. The van der Waals surface area contributed by atoms with Crippen molar-refractivity contribution < 1.29 is 28.6 Å². The lowest BCUT2D eigenvalue weighted by molar-refractivity contribution is -0.164. The molecule has 2 heterocycles. The molecule has 0 unspecified atom stereocenters. The Hall–Kier alpha value is -2.77. The van der Waals surface area contributed by atoms with Crippen LogP contribution < -0.4 is 14.4 Å². The Morgan fingerprint density at radius 3 is 2.39 bits per heavy atom. The van der Waals surface area contributed by atoms with Crippen molar-refractivity contribution in [2.75, 3.05) is 25.7 Å². The second-order valence-corrected chi connectivity index (χ2v) is 8.40. The Labute approximate surface area is 183 Å². The fourth-order valence-electron chi connectivity index (χ4n) is 4.49. The molecule has 2 fully saturated rings. The molecular formula is C23H32N2O6. The van der Waals surface area contributed by atoms with Gasteiger partial charge in [0.1, 0.15) is 11.5 Å². The predicted octanol–water partition coefficient (Wildman–Crippen LogP) is 2.78. The number of esters is 1. The second-order valence-electron chi connectivity index (χ2n) is 8.40. The maximum Gasteiger partial charge on any atom is 0.312 e. The van der Waals surface area contributed by atoms with Gasteiger partial charge in [0.05, 0.1) is 25.8 Å². The number of methoxy groups -OCH3 is 2. The zero-order chi connectivity index (χ0) is 22.7. The fraction of sp³-hybridized carbons (Fsp3) is 0.609. The molecule has 0 spiro atoms. The van der Waals surface area contributed by atoms with Crippen LogP contribution in [0, 0.1) is 5.92 Å². The molecule has 0 aromatic heterocycles. The molecule has 170 valence electrons. The van der Waals surface area contributed by atoms with E-state index < -0.39 is 18.0 Å². The summed E-state index contributed by atoms with van der Waals surface area (Å²) in [5.74, 6) is -0.434. The van der Waals surface area contributed by atoms with Crippen LogP contribution in [0.2, 0.25) is 0 Å². The van der Waals surface area contributed by atoms with Gasteiger partial charge >= 0.3 is 5.97 Å². The van der Waals surface area contributed by atoms with Crippen LogP contribution in [0.3, 0.4) is 0 Å². The van der Waals surface area contributed by atoms with E-state index in [0.717, 1.165) is 19.3 Å². The molecule has 0 aliphatic carbocycles. The summed E-state index contributed by atoms with van der Waals surface area (Å²) < 4.78 is 16.1. The molecule has 8 nitrogen and oxygen atoms in total. The van der Waals surface area contributed by atoms with Crippen LogP contribution in [-0.4, -0.2) is 61.6 Å². The van der Waals surface area contributed by atoms with E-state index in [1.807, 2.05) is 18.7 Å². The molecule has 0 saturated carbocycles. The minimum Gasteiger partial charge on any atom is -0.497 e. The zero-order valence-corrected chi connectivity index (χ0v) is 18.9. The highest BCUT2D eigenvalue weighted by Gasteiger charge is 2.39. The summed E-state index contributed by atoms with van der Waals surface area (Å²) in [5.41, 5.74) is 0.573. The number of ether oxygens (including phenoxy) is 3. The summed E-state index contributed by atoms with van der Waals surface area (Å²) in [5, 5.41) is 0. The molecule has 0 bridgehead atoms. The Morgan fingerprint density at radius 1 is 1.10 bits per heavy atom. The maximum absolute atomic E-state index is 12.9. The van der Waals surface area contributed by atoms with E-state index in [2.05, 4.69) is 0 Å². The highest BCUT2D eigenvalue weighted by molar-refractivity contribution is 6.01. The van der Waals surface area contributed by atoms with Crippen molar-refractivity contribution in [1.82, 2.24) is 4.90 Å². The first-order chi connectivity index (χ1) is 14.8. The summed E-state index contributed by atoms with van der Waals surface area (Å²) in [4.78, 5) is 41.6. The average molecular weight is 433 g/mol. The van der Waals surface area contributed by atoms with Crippen LogP contribution in [0.15, 0.2) is 18.2 Å². The fourth-order valence-corrected chi connectivity index (χ4v) is 4.49. The molecule has 0 N–H and O–H groups in total. The number of benzene rings is 1. The van der Waals surface area contributed by atoms with Gasteiger partial charge in [0, 0.05) is 31.1 Å². The smallest absolute Gasteiger partial charge is 0.312 e. The minimum absolute atomic E-state index is 0.0332. The summed E-state index contributed by atoms with van der Waals surface area (Å²) in [6.07, 6.45) is 2.15. The van der Waals surface area contributed by atoms with Crippen LogP contribution in [0.5, 0.6) is 11.5 Å². The molecule has 2 saturated heterocycles. The summed E-state index contributed by atoms with van der Waals surface area (Å²) in [6, 6.07) is 5.41. The van der Waals surface area contributed by atoms with Crippen LogP contribution >= 0.6 is 0 Å². The molecule has 4 atom stereocenters. The zero-order valence-electron chi connectivity index (χ0n) is 18.9. The van der Waals surface area contributed by atoms with Crippen molar-refractivity contribution in [2.24, 2.45) is 5.92 Å². The molecule has 3 rings (SSSR count). The van der Waals surface area contributed by atoms with E-state index in [1.54, 1.807) is 32.2 Å². The van der Waals surface area contributed by atoms with Crippen molar-refractivity contribution in [3.05, 3.63) is 18.2 Å². The predicted molar refractivity (Wildman–Crippen MR) is 115 cm³/mol. The Morgan fingerprint density at radius 2 is 1.77 bits per heavy atom. The van der Waals surface area contributed by atoms with Gasteiger partial charge in [-0.05, 0) is 52.2 Å². The lowest BCUT2D eigenvalue weighted by atomic mass is 9.97. The number of anilines is 1. The Bertz CT molecular complexity index is 831. The van der Waals surface area contributed by atoms with E-state index in [9.17, 15) is 14.4 Å². The highest BCUT2D eigenvalue weighted by Crippen LogP contribution is 2.36. The summed E-state index contributed by atoms with van der Waals surface area (Å²) in [7, 11) is 3.07. The summed E-state index contributed by atoms with van der Waals surface area (Å²) in [6.45, 7) is 5.84. The first-order valence-corrected chi connectivity index (χ1v) is 10.8. The van der Waals surface area contributed by atoms with Gasteiger partial charge in [-0.3, -0.25) is 14.4 Å². The van der Waals surface area contributed by atoms with E-state index in [0.29, 0.717) is 17.2 Å². The lowest BCUT2D eigenvalue weighted by Crippen LogP contribution is -2.51. The van der Waals surface area contributed by atoms with Gasteiger partial charge < -0.3 is 24.0 Å². The topological polar surface area (TPSA) is 85.4 Å². The first kappa shape index (κ1) is 22.9. The van der Waals surface area contributed by atoms with Crippen molar-refractivity contribution in [2.45, 2.75) is 64.6 Å². The molecular weight excluding hydrogens is 400 g/mol. The number of carbonyl (C=O) groups is 3. The molecule has 8 heteroatoms. The van der Waals surface area contributed by atoms with E-state index >= 15 is 0 Å². The van der Waals surface area contributed by atoms with Crippen molar-refractivity contribution in [3.63, 3.8) is 0 Å². The number of hydrogen-bond acceptors (Lipinski definition) is 6. The normalized spacial score (nSPS) is 24.7. The number of rotatable bonds is 6. The van der Waals surface area contributed by atoms with Crippen LogP contribution in [0.1, 0.15) is 46.5 Å². The highest BCUT2D eigenvalue weighted by atomic mass is 16.5. The van der Waals surface area contributed by atoms with Gasteiger partial charge in [-0.25, -0.2) is 0 Å². The van der Waals surface area contributed by atoms with Crippen LogP contribution in [-0.2, 0) is 19.1 Å². The van der Waals surface area contributed by atoms with Crippen molar-refractivity contribution >= 4 is 23.5 Å². The van der Waals surface area contributed by atoms with E-state index in [-0.39, 0.29) is 36.9 Å². The lowest BCUT2D eigenvalue weighted by Gasteiger charge is -2.40. The van der Waals surface area contributed by atoms with Crippen molar-refractivity contribution in [1.29, 1.82) is 0 Å². The molecule has 1 aromatic carbocycles. The maximum atomic E-state index is 12.9. The number of likely N-dealkylation sites (tertiary alicyclic amines) is 1. The standard InChI is InChI=1S/C23H32N2O6/c1-14-7-6-8-15(2)25(14)22(27)16(3)31-23(28)17-11-21(26)24(13-17)19-10-9-18(29-4)12-20(19)30-5/h9-10,12,14-17H,6-8,11,13H2,1-5H3/t14-,15-,16-,17+/m0/s1. The molecule has 31 heavy (non-hydrogen) atoms. The number of nitrogens with zero attached hydrogens (tertiary/aromatic N) is 2. The monoisotopic (exact) mass is 432 g/mol. The number of amides is 2. The van der Waals surface area contributed by atoms with Gasteiger partial charge in [0.2, 0.25) is 5.91 Å². The van der Waals surface area contributed by atoms with Gasteiger partial charge in [-0.1, -0.05) is 0 Å². The second kappa shape index (κ2) is 9.58. The third-order valence-electron chi connectivity index (χ3n) is 6.22. The molecule has 2 amide bonds. The SMILES string of the molecule is COc1ccc(N2C[C@H](C(=O)O[C@@H](C)C(=O)N3[C@@H](C)CCC[C@@H]3C)CC2=O)c(OC)c1. The van der Waals surface area contributed by atoms with Crippen molar-refractivity contribution in [3.8, 4) is 11.5 Å². The van der Waals surface area contributed by atoms with E-state index in [4.69, 9.17) is 14.2 Å². The van der Waals surface area contributed by atoms with Gasteiger partial charge in [-0.15, -0.1) is 0 Å². The number of carbonyl (C=O) groups excluding carboxylic acids is 3. The van der Waals surface area contributed by atoms with Gasteiger partial charge in [0.15, 0.2) is 6.10 Å². The van der Waals surface area contributed by atoms with Gasteiger partial charge in [0.25, 0.3) is 5.91 Å². The minimum atomic E-state index is -0.879. The number of piperidine rings is 1. The average Bonchev–Trinajstić information content (AvgIpc) is 3.14.